The van der Waals surface area contributed by atoms with Crippen LogP contribution < -0.4 is 0 Å². The predicted octanol–water partition coefficient (Wildman–Crippen LogP) is 2.88. The van der Waals surface area contributed by atoms with Gasteiger partial charge in [0, 0.05) is 50.4 Å². The summed E-state index contributed by atoms with van der Waals surface area (Å²) in [6.07, 6.45) is 8.80. The van der Waals surface area contributed by atoms with Gasteiger partial charge in [-0.3, -0.25) is 19.6 Å². The molecule has 7 heteroatoms. The van der Waals surface area contributed by atoms with Gasteiger partial charge in [0.25, 0.3) is 5.91 Å². The van der Waals surface area contributed by atoms with E-state index < -0.39 is 5.54 Å². The largest absolute Gasteiger partial charge is 0.327 e. The van der Waals surface area contributed by atoms with Gasteiger partial charge in [0.2, 0.25) is 0 Å². The predicted molar refractivity (Wildman–Crippen MR) is 113 cm³/mol. The van der Waals surface area contributed by atoms with Crippen LogP contribution in [0.25, 0.3) is 0 Å². The van der Waals surface area contributed by atoms with Crippen LogP contribution in [0.5, 0.6) is 0 Å². The maximum Gasteiger partial charge on any atom is 0.327 e. The van der Waals surface area contributed by atoms with E-state index in [0.717, 1.165) is 50.1 Å². The van der Waals surface area contributed by atoms with Gasteiger partial charge < -0.3 is 4.90 Å². The third-order valence-electron chi connectivity index (χ3n) is 6.16. The van der Waals surface area contributed by atoms with Crippen molar-refractivity contribution in [3.05, 3.63) is 30.1 Å². The average Bonchev–Trinajstić information content (AvgIpc) is 2.90. The van der Waals surface area contributed by atoms with Gasteiger partial charge >= 0.3 is 6.03 Å². The molecule has 3 rings (SSSR count). The Kier molecular flexibility index (Phi) is 6.99. The molecule has 1 aromatic heterocycles. The molecule has 1 aromatic rings. The lowest BCUT2D eigenvalue weighted by atomic mass is 9.85. The van der Waals surface area contributed by atoms with Crippen molar-refractivity contribution in [3.63, 3.8) is 0 Å². The maximum absolute atomic E-state index is 13.3. The van der Waals surface area contributed by atoms with Crippen LogP contribution >= 0.6 is 11.8 Å². The summed E-state index contributed by atoms with van der Waals surface area (Å²) in [5, 5.41) is 0. The molecule has 0 N–H and O–H groups in total. The Hall–Kier alpha value is -1.60. The average molecular weight is 405 g/mol. The van der Waals surface area contributed by atoms with Crippen molar-refractivity contribution in [3.8, 4) is 0 Å². The summed E-state index contributed by atoms with van der Waals surface area (Å²) < 4.78 is 0. The number of amides is 3. The zero-order valence-corrected chi connectivity index (χ0v) is 18.1. The second kappa shape index (κ2) is 9.27. The van der Waals surface area contributed by atoms with E-state index in [-0.39, 0.29) is 11.9 Å². The van der Waals surface area contributed by atoms with E-state index in [1.54, 1.807) is 6.20 Å². The monoisotopic (exact) mass is 404 g/mol. The summed E-state index contributed by atoms with van der Waals surface area (Å²) in [4.78, 5) is 36.2. The molecule has 2 aliphatic rings. The number of likely N-dealkylation sites (tertiary alicyclic amines) is 1. The van der Waals surface area contributed by atoms with E-state index in [1.807, 2.05) is 41.9 Å². The molecule has 6 nitrogen and oxygen atoms in total. The number of imide groups is 1. The van der Waals surface area contributed by atoms with Crippen LogP contribution in [0.15, 0.2) is 24.5 Å². The Morgan fingerprint density at radius 1 is 1.29 bits per heavy atom. The summed E-state index contributed by atoms with van der Waals surface area (Å²) in [6.45, 7) is 7.05. The Bertz CT molecular complexity index is 676. The molecule has 2 saturated heterocycles. The van der Waals surface area contributed by atoms with E-state index in [1.165, 1.54) is 4.90 Å². The summed E-state index contributed by atoms with van der Waals surface area (Å²) >= 11 is 1.85. The molecule has 0 aromatic carbocycles. The zero-order chi connectivity index (χ0) is 20.1. The highest BCUT2D eigenvalue weighted by atomic mass is 32.2. The number of pyridine rings is 1. The molecule has 1 spiro atoms. The second-order valence-electron chi connectivity index (χ2n) is 7.82. The van der Waals surface area contributed by atoms with Crippen molar-refractivity contribution >= 4 is 23.7 Å². The zero-order valence-electron chi connectivity index (χ0n) is 17.3. The third kappa shape index (κ3) is 4.06. The van der Waals surface area contributed by atoms with Gasteiger partial charge in [-0.15, -0.1) is 0 Å². The number of aryl methyl sites for hydroxylation is 1. The normalized spacial score (nSPS) is 21.0. The molecule has 3 heterocycles. The van der Waals surface area contributed by atoms with Gasteiger partial charge in [-0.1, -0.05) is 6.07 Å². The summed E-state index contributed by atoms with van der Waals surface area (Å²) in [6, 6.07) is 4.35. The highest BCUT2D eigenvalue weighted by Crippen LogP contribution is 2.37. The fourth-order valence-corrected chi connectivity index (χ4v) is 5.26. The van der Waals surface area contributed by atoms with Gasteiger partial charge in [-0.2, -0.15) is 11.8 Å². The Morgan fingerprint density at radius 3 is 2.64 bits per heavy atom. The Balaban J connectivity index is 1.64. The molecule has 0 aliphatic carbocycles. The van der Waals surface area contributed by atoms with Crippen LogP contribution in [-0.2, 0) is 11.2 Å². The van der Waals surface area contributed by atoms with E-state index in [4.69, 9.17) is 0 Å². The molecule has 0 radical (unpaired) electrons. The van der Waals surface area contributed by atoms with Crippen molar-refractivity contribution in [2.45, 2.75) is 51.1 Å². The number of urea groups is 1. The lowest BCUT2D eigenvalue weighted by Gasteiger charge is -2.43. The van der Waals surface area contributed by atoms with E-state index >= 15 is 0 Å². The number of piperidine rings is 1. The first kappa shape index (κ1) is 21.1. The van der Waals surface area contributed by atoms with Crippen molar-refractivity contribution < 1.29 is 9.59 Å². The molecule has 0 bridgehead atoms. The standard InChI is InChI=1S/C21H32N4O2S/c1-4-25-20(27)24(12-6-8-18-7-5-11-22-15-18)19(26)21(25)9-13-23(14-10-21)17(2)16-28-3/h5,7,11,15,17H,4,6,8-10,12-14,16H2,1-3H3. The fourth-order valence-electron chi connectivity index (χ4n) is 4.57. The summed E-state index contributed by atoms with van der Waals surface area (Å²) in [5.74, 6) is 1.11. The van der Waals surface area contributed by atoms with Crippen molar-refractivity contribution in [2.24, 2.45) is 0 Å². The SMILES string of the molecule is CCN1C(=O)N(CCCc2cccnc2)C(=O)C12CCN(C(C)CSC)CC2. The minimum Gasteiger partial charge on any atom is -0.310 e. The van der Waals surface area contributed by atoms with Gasteiger partial charge in [0.05, 0.1) is 0 Å². The molecule has 28 heavy (non-hydrogen) atoms. The molecule has 3 amide bonds. The van der Waals surface area contributed by atoms with Crippen molar-refractivity contribution in [1.82, 2.24) is 19.7 Å². The van der Waals surface area contributed by atoms with Crippen LogP contribution in [0.1, 0.15) is 38.7 Å². The van der Waals surface area contributed by atoms with Gasteiger partial charge in [0.1, 0.15) is 5.54 Å². The number of likely N-dealkylation sites (N-methyl/N-ethyl adjacent to an activating group) is 1. The van der Waals surface area contributed by atoms with Crippen LogP contribution in [0.4, 0.5) is 4.79 Å². The number of carbonyl (C=O) groups excluding carboxylic acids is 2. The number of rotatable bonds is 8. The second-order valence-corrected chi connectivity index (χ2v) is 8.73. The van der Waals surface area contributed by atoms with Gasteiger partial charge in [-0.25, -0.2) is 4.79 Å². The summed E-state index contributed by atoms with van der Waals surface area (Å²) in [7, 11) is 0. The molecule has 154 valence electrons. The molecule has 2 fully saturated rings. The highest BCUT2D eigenvalue weighted by molar-refractivity contribution is 7.98. The quantitative estimate of drug-likeness (QED) is 0.624. The molecule has 1 atom stereocenters. The Labute approximate surface area is 172 Å². The van der Waals surface area contributed by atoms with E-state index in [2.05, 4.69) is 23.1 Å². The van der Waals surface area contributed by atoms with Crippen LogP contribution in [0.3, 0.4) is 0 Å². The number of hydrogen-bond acceptors (Lipinski definition) is 5. The van der Waals surface area contributed by atoms with Crippen molar-refractivity contribution in [1.29, 1.82) is 0 Å². The molecular weight excluding hydrogens is 372 g/mol. The topological polar surface area (TPSA) is 56.8 Å². The first-order valence-corrected chi connectivity index (χ1v) is 11.7. The van der Waals surface area contributed by atoms with E-state index in [0.29, 0.717) is 19.1 Å². The third-order valence-corrected chi connectivity index (χ3v) is 6.98. The van der Waals surface area contributed by atoms with Crippen molar-refractivity contribution in [2.75, 3.05) is 38.2 Å². The first-order chi connectivity index (χ1) is 13.5. The lowest BCUT2D eigenvalue weighted by molar-refractivity contribution is -0.135. The van der Waals surface area contributed by atoms with Crippen LogP contribution in [0.2, 0.25) is 0 Å². The first-order valence-electron chi connectivity index (χ1n) is 10.3. The molecular formula is C21H32N4O2S. The minimum atomic E-state index is -0.629. The minimum absolute atomic E-state index is 0.0164. The number of aromatic nitrogens is 1. The number of thioether (sulfide) groups is 1. The van der Waals surface area contributed by atoms with Crippen LogP contribution in [-0.4, -0.2) is 81.4 Å². The number of hydrogen-bond donors (Lipinski definition) is 0. The smallest absolute Gasteiger partial charge is 0.310 e. The van der Waals surface area contributed by atoms with Gasteiger partial charge in [-0.05, 0) is 57.4 Å². The number of carbonyl (C=O) groups is 2. The molecule has 0 saturated carbocycles. The van der Waals surface area contributed by atoms with E-state index in [9.17, 15) is 9.59 Å². The maximum atomic E-state index is 13.3. The highest BCUT2D eigenvalue weighted by Gasteiger charge is 2.57. The Morgan fingerprint density at radius 2 is 2.04 bits per heavy atom. The molecule has 2 aliphatic heterocycles. The number of nitrogens with zero attached hydrogens (tertiary/aromatic N) is 4. The lowest BCUT2D eigenvalue weighted by Crippen LogP contribution is -2.57. The van der Waals surface area contributed by atoms with Crippen LogP contribution in [0, 0.1) is 0 Å². The summed E-state index contributed by atoms with van der Waals surface area (Å²) in [5.41, 5.74) is 0.509. The molecule has 1 unspecified atom stereocenters. The fraction of sp³-hybridized carbons (Fsp3) is 0.667. The van der Waals surface area contributed by atoms with Gasteiger partial charge in [0.15, 0.2) is 0 Å².